The third-order valence-electron chi connectivity index (χ3n) is 3.55. The summed E-state index contributed by atoms with van der Waals surface area (Å²) in [4.78, 5) is 24.4. The van der Waals surface area contributed by atoms with Crippen LogP contribution in [0.3, 0.4) is 0 Å². The van der Waals surface area contributed by atoms with E-state index in [9.17, 15) is 4.79 Å². The van der Waals surface area contributed by atoms with E-state index in [4.69, 9.17) is 9.26 Å². The van der Waals surface area contributed by atoms with Crippen LogP contribution in [-0.2, 0) is 17.8 Å². The van der Waals surface area contributed by atoms with Crippen LogP contribution in [0.5, 0.6) is 5.88 Å². The van der Waals surface area contributed by atoms with Gasteiger partial charge in [0.25, 0.3) is 0 Å². The van der Waals surface area contributed by atoms with E-state index in [0.29, 0.717) is 37.2 Å². The summed E-state index contributed by atoms with van der Waals surface area (Å²) < 4.78 is 10.5. The molecule has 0 aliphatic carbocycles. The van der Waals surface area contributed by atoms with E-state index in [0.717, 1.165) is 11.1 Å². The summed E-state index contributed by atoms with van der Waals surface area (Å²) in [6, 6.07) is 7.24. The van der Waals surface area contributed by atoms with Crippen molar-refractivity contribution in [3.63, 3.8) is 0 Å². The lowest BCUT2D eigenvalue weighted by molar-refractivity contribution is -0.121. The Kier molecular flexibility index (Phi) is 5.87. The molecular weight excluding hydrogens is 334 g/mol. The van der Waals surface area contributed by atoms with Gasteiger partial charge in [0.2, 0.25) is 23.5 Å². The van der Waals surface area contributed by atoms with Crippen LogP contribution in [-0.4, -0.2) is 32.6 Å². The summed E-state index contributed by atoms with van der Waals surface area (Å²) >= 11 is 0. The highest BCUT2D eigenvalue weighted by Gasteiger charge is 2.10. The standard InChI is InChI=1S/C18H19N5O3/c1-2-25-17-11-13(5-10-20-17)12-21-15(24)3-4-16-22-18(23-26-16)14-6-8-19-9-7-14/h5-11H,2-4,12H2,1H3,(H,21,24). The molecule has 0 unspecified atom stereocenters. The normalized spacial score (nSPS) is 10.5. The van der Waals surface area contributed by atoms with Crippen LogP contribution in [0.15, 0.2) is 47.4 Å². The van der Waals surface area contributed by atoms with Gasteiger partial charge in [-0.25, -0.2) is 4.98 Å². The van der Waals surface area contributed by atoms with Crippen LogP contribution in [0.4, 0.5) is 0 Å². The minimum Gasteiger partial charge on any atom is -0.478 e. The molecule has 0 spiro atoms. The average molecular weight is 353 g/mol. The molecular formula is C18H19N5O3. The van der Waals surface area contributed by atoms with Gasteiger partial charge in [0, 0.05) is 49.6 Å². The van der Waals surface area contributed by atoms with Gasteiger partial charge in [0.05, 0.1) is 6.61 Å². The molecule has 8 heteroatoms. The topological polar surface area (TPSA) is 103 Å². The zero-order valence-corrected chi connectivity index (χ0v) is 14.4. The van der Waals surface area contributed by atoms with Crippen molar-refractivity contribution >= 4 is 5.91 Å². The second kappa shape index (κ2) is 8.70. The van der Waals surface area contributed by atoms with Gasteiger partial charge in [0.15, 0.2) is 0 Å². The molecule has 0 aliphatic heterocycles. The molecule has 1 amide bonds. The second-order valence-electron chi connectivity index (χ2n) is 5.46. The maximum absolute atomic E-state index is 12.0. The minimum absolute atomic E-state index is 0.0940. The molecule has 0 aromatic carbocycles. The molecule has 0 radical (unpaired) electrons. The molecule has 26 heavy (non-hydrogen) atoms. The Morgan fingerprint density at radius 3 is 2.88 bits per heavy atom. The number of pyridine rings is 2. The van der Waals surface area contributed by atoms with Gasteiger partial charge in [-0.15, -0.1) is 0 Å². The molecule has 0 bridgehead atoms. The lowest BCUT2D eigenvalue weighted by atomic mass is 10.2. The van der Waals surface area contributed by atoms with E-state index in [1.54, 1.807) is 30.7 Å². The van der Waals surface area contributed by atoms with Gasteiger partial charge in [0.1, 0.15) is 0 Å². The smallest absolute Gasteiger partial charge is 0.227 e. The number of hydrogen-bond donors (Lipinski definition) is 1. The van der Waals surface area contributed by atoms with Gasteiger partial charge in [-0.2, -0.15) is 4.98 Å². The Morgan fingerprint density at radius 1 is 1.23 bits per heavy atom. The highest BCUT2D eigenvalue weighted by molar-refractivity contribution is 5.76. The molecule has 3 rings (SSSR count). The van der Waals surface area contributed by atoms with Crippen LogP contribution < -0.4 is 10.1 Å². The Bertz CT molecular complexity index is 851. The molecule has 1 N–H and O–H groups in total. The lowest BCUT2D eigenvalue weighted by Crippen LogP contribution is -2.23. The van der Waals surface area contributed by atoms with Crippen LogP contribution in [0, 0.1) is 0 Å². The summed E-state index contributed by atoms with van der Waals surface area (Å²) in [5, 5.41) is 6.78. The Hall–Kier alpha value is -3.29. The molecule has 8 nitrogen and oxygen atoms in total. The fourth-order valence-electron chi connectivity index (χ4n) is 2.27. The first-order chi connectivity index (χ1) is 12.7. The number of nitrogens with zero attached hydrogens (tertiary/aromatic N) is 4. The third-order valence-corrected chi connectivity index (χ3v) is 3.55. The third kappa shape index (κ3) is 4.85. The quantitative estimate of drug-likeness (QED) is 0.662. The zero-order valence-electron chi connectivity index (χ0n) is 14.4. The highest BCUT2D eigenvalue weighted by Crippen LogP contribution is 2.14. The van der Waals surface area contributed by atoms with Crippen LogP contribution >= 0.6 is 0 Å². The average Bonchev–Trinajstić information content (AvgIpc) is 3.15. The largest absolute Gasteiger partial charge is 0.478 e. The Morgan fingerprint density at radius 2 is 2.08 bits per heavy atom. The highest BCUT2D eigenvalue weighted by atomic mass is 16.5. The summed E-state index contributed by atoms with van der Waals surface area (Å²) in [6.45, 7) is 2.86. The number of aryl methyl sites for hydroxylation is 1. The van der Waals surface area contributed by atoms with E-state index in [1.807, 2.05) is 19.1 Å². The maximum Gasteiger partial charge on any atom is 0.227 e. The SMILES string of the molecule is CCOc1cc(CNC(=O)CCc2nc(-c3ccncc3)no2)ccn1. The van der Waals surface area contributed by atoms with Crippen LogP contribution in [0.1, 0.15) is 24.8 Å². The van der Waals surface area contributed by atoms with Crippen molar-refractivity contribution in [3.05, 3.63) is 54.3 Å². The predicted molar refractivity (Wildman–Crippen MR) is 93.1 cm³/mol. The van der Waals surface area contributed by atoms with Crippen LogP contribution in [0.25, 0.3) is 11.4 Å². The first-order valence-corrected chi connectivity index (χ1v) is 8.32. The number of hydrogen-bond acceptors (Lipinski definition) is 7. The fourth-order valence-corrected chi connectivity index (χ4v) is 2.27. The first kappa shape index (κ1) is 17.5. The van der Waals surface area contributed by atoms with E-state index in [1.165, 1.54) is 0 Å². The van der Waals surface area contributed by atoms with Crippen molar-refractivity contribution in [2.24, 2.45) is 0 Å². The summed E-state index contributed by atoms with van der Waals surface area (Å²) in [5.41, 5.74) is 1.75. The number of amides is 1. The zero-order chi connectivity index (χ0) is 18.2. The van der Waals surface area contributed by atoms with Gasteiger partial charge >= 0.3 is 0 Å². The van der Waals surface area contributed by atoms with Gasteiger partial charge in [-0.3, -0.25) is 9.78 Å². The van der Waals surface area contributed by atoms with E-state index in [2.05, 4.69) is 25.4 Å². The number of ether oxygens (including phenoxy) is 1. The molecule has 3 heterocycles. The fraction of sp³-hybridized carbons (Fsp3) is 0.278. The number of carbonyl (C=O) groups excluding carboxylic acids is 1. The van der Waals surface area contributed by atoms with Crippen molar-refractivity contribution in [3.8, 4) is 17.3 Å². The van der Waals surface area contributed by atoms with Crippen molar-refractivity contribution < 1.29 is 14.1 Å². The Balaban J connectivity index is 1.47. The molecule has 3 aromatic heterocycles. The minimum atomic E-state index is -0.0940. The monoisotopic (exact) mass is 353 g/mol. The summed E-state index contributed by atoms with van der Waals surface area (Å²) in [6.07, 6.45) is 5.63. The van der Waals surface area contributed by atoms with Crippen molar-refractivity contribution in [2.45, 2.75) is 26.3 Å². The number of aromatic nitrogens is 4. The number of nitrogens with one attached hydrogen (secondary N) is 1. The molecule has 134 valence electrons. The van der Waals surface area contributed by atoms with Crippen LogP contribution in [0.2, 0.25) is 0 Å². The number of rotatable bonds is 8. The van der Waals surface area contributed by atoms with Crippen molar-refractivity contribution in [1.82, 2.24) is 25.4 Å². The number of carbonyl (C=O) groups is 1. The van der Waals surface area contributed by atoms with Crippen molar-refractivity contribution in [2.75, 3.05) is 6.61 Å². The molecule has 0 fully saturated rings. The van der Waals surface area contributed by atoms with E-state index in [-0.39, 0.29) is 12.3 Å². The van der Waals surface area contributed by atoms with Gasteiger partial charge in [-0.05, 0) is 30.7 Å². The molecule has 0 aliphatic rings. The molecule has 3 aromatic rings. The van der Waals surface area contributed by atoms with Crippen molar-refractivity contribution in [1.29, 1.82) is 0 Å². The van der Waals surface area contributed by atoms with E-state index >= 15 is 0 Å². The molecule has 0 saturated heterocycles. The lowest BCUT2D eigenvalue weighted by Gasteiger charge is -2.06. The first-order valence-electron chi connectivity index (χ1n) is 8.32. The summed E-state index contributed by atoms with van der Waals surface area (Å²) in [7, 11) is 0. The maximum atomic E-state index is 12.0. The Labute approximate surface area is 150 Å². The predicted octanol–water partition coefficient (Wildman–Crippen LogP) is 2.17. The van der Waals surface area contributed by atoms with Gasteiger partial charge < -0.3 is 14.6 Å². The molecule has 0 saturated carbocycles. The second-order valence-corrected chi connectivity index (χ2v) is 5.46. The van der Waals surface area contributed by atoms with E-state index < -0.39 is 0 Å². The van der Waals surface area contributed by atoms with Gasteiger partial charge in [-0.1, -0.05) is 5.16 Å². The molecule has 0 atom stereocenters. The summed E-state index contributed by atoms with van der Waals surface area (Å²) in [5.74, 6) is 1.37.